The molecule has 2 aliphatic heterocycles. The van der Waals surface area contributed by atoms with Gasteiger partial charge in [-0.3, -0.25) is 10.2 Å². The number of H-pyrrole nitrogens is 1. The number of hydrogen-bond donors (Lipinski definition) is 4. The molecule has 2 atom stereocenters. The molecule has 1 aromatic carbocycles. The zero-order valence-electron chi connectivity index (χ0n) is 21.0. The van der Waals surface area contributed by atoms with Crippen molar-refractivity contribution in [2.45, 2.75) is 45.8 Å². The number of hydrogen-bond acceptors (Lipinski definition) is 5. The van der Waals surface area contributed by atoms with Crippen molar-refractivity contribution in [1.29, 1.82) is 5.41 Å². The summed E-state index contributed by atoms with van der Waals surface area (Å²) in [6, 6.07) is 11.3. The fourth-order valence-electron chi connectivity index (χ4n) is 4.14. The van der Waals surface area contributed by atoms with E-state index in [1.807, 2.05) is 63.4 Å². The van der Waals surface area contributed by atoms with E-state index in [4.69, 9.17) is 32.1 Å². The molecule has 0 unspecified atom stereocenters. The van der Waals surface area contributed by atoms with Crippen LogP contribution in [0.15, 0.2) is 47.6 Å². The number of rotatable bonds is 6. The van der Waals surface area contributed by atoms with Gasteiger partial charge < -0.3 is 30.0 Å². The molecule has 1 aromatic heterocycles. The minimum absolute atomic E-state index is 0.186. The maximum absolute atomic E-state index is 11.8. The number of carbonyl (C=O) groups is 1. The van der Waals surface area contributed by atoms with Crippen molar-refractivity contribution in [3.63, 3.8) is 0 Å². The average Bonchev–Trinajstić information content (AvgIpc) is 3.49. The standard InChI is InChI=1S/C26H34N6O3S/c1-26(2,3)24(33)34-14-13-29-25(36)30-18-8-6-17(7-9-18)22(27)31-23(21-5-4-12-28-21)32-15-19-10-11-20(16-32)35-19/h4-9,12,19-20,27-28H,10-11,13-16H2,1-3H3,(H2,29,30,36)/b27-22?,31-23+/t19-,20-/m0/s1. The second-order valence-corrected chi connectivity index (χ2v) is 10.5. The van der Waals surface area contributed by atoms with Crippen LogP contribution in [0.4, 0.5) is 5.69 Å². The van der Waals surface area contributed by atoms with Gasteiger partial charge in [0.05, 0.1) is 29.9 Å². The van der Waals surface area contributed by atoms with E-state index in [1.54, 1.807) is 0 Å². The molecule has 10 heteroatoms. The van der Waals surface area contributed by atoms with Gasteiger partial charge in [-0.15, -0.1) is 0 Å². The molecule has 4 rings (SSSR count). The number of thiocarbonyl (C=S) groups is 1. The van der Waals surface area contributed by atoms with E-state index in [9.17, 15) is 4.79 Å². The summed E-state index contributed by atoms with van der Waals surface area (Å²) >= 11 is 5.33. The van der Waals surface area contributed by atoms with Crippen LogP contribution in [0.1, 0.15) is 44.9 Å². The van der Waals surface area contributed by atoms with Crippen molar-refractivity contribution >= 4 is 40.7 Å². The fraction of sp³-hybridized carbons (Fsp3) is 0.462. The molecule has 192 valence electrons. The molecule has 2 bridgehead atoms. The second-order valence-electron chi connectivity index (χ2n) is 10.1. The summed E-state index contributed by atoms with van der Waals surface area (Å²) in [6.45, 7) is 7.66. The van der Waals surface area contributed by atoms with Gasteiger partial charge in [-0.1, -0.05) is 0 Å². The molecular weight excluding hydrogens is 476 g/mol. The number of benzene rings is 1. The lowest BCUT2D eigenvalue weighted by Gasteiger charge is -2.34. The summed E-state index contributed by atoms with van der Waals surface area (Å²) in [5, 5.41) is 15.2. The number of nitrogens with one attached hydrogen (secondary N) is 4. The van der Waals surface area contributed by atoms with E-state index >= 15 is 0 Å². The third-order valence-corrected chi connectivity index (χ3v) is 6.30. The van der Waals surface area contributed by atoms with Gasteiger partial charge in [-0.2, -0.15) is 0 Å². The van der Waals surface area contributed by atoms with Crippen LogP contribution in [0.2, 0.25) is 0 Å². The Hall–Kier alpha value is -3.24. The lowest BCUT2D eigenvalue weighted by molar-refractivity contribution is -0.152. The van der Waals surface area contributed by atoms with Gasteiger partial charge in [0.1, 0.15) is 6.61 Å². The number of aromatic nitrogens is 1. The van der Waals surface area contributed by atoms with E-state index in [1.165, 1.54) is 0 Å². The van der Waals surface area contributed by atoms with Crippen LogP contribution in [-0.2, 0) is 14.3 Å². The van der Waals surface area contributed by atoms with Crippen molar-refractivity contribution in [3.8, 4) is 0 Å². The van der Waals surface area contributed by atoms with Gasteiger partial charge in [0.15, 0.2) is 16.8 Å². The highest BCUT2D eigenvalue weighted by Crippen LogP contribution is 2.27. The number of carbonyl (C=O) groups excluding carboxylic acids is 1. The Balaban J connectivity index is 1.33. The number of aromatic amines is 1. The SMILES string of the molecule is CC(C)(C)C(=O)OCCNC(=S)Nc1ccc(C(=N)/N=C(\c2ccc[nH]2)N2C[C@@H]3CC[C@@H](C2)O3)cc1. The Morgan fingerprint density at radius 2 is 1.92 bits per heavy atom. The van der Waals surface area contributed by atoms with Gasteiger partial charge in [0, 0.05) is 30.5 Å². The zero-order chi connectivity index (χ0) is 25.7. The minimum Gasteiger partial charge on any atom is -0.463 e. The Labute approximate surface area is 217 Å². The molecule has 2 saturated heterocycles. The molecule has 0 aliphatic carbocycles. The summed E-state index contributed by atoms with van der Waals surface area (Å²) in [7, 11) is 0. The first-order chi connectivity index (χ1) is 17.2. The molecule has 0 saturated carbocycles. The second kappa shape index (κ2) is 11.2. The summed E-state index contributed by atoms with van der Waals surface area (Å²) in [5.74, 6) is 0.709. The predicted molar refractivity (Wildman–Crippen MR) is 145 cm³/mol. The largest absolute Gasteiger partial charge is 0.463 e. The Morgan fingerprint density at radius 3 is 2.53 bits per heavy atom. The molecule has 9 nitrogen and oxygen atoms in total. The molecule has 2 aliphatic rings. The number of anilines is 1. The zero-order valence-corrected chi connectivity index (χ0v) is 21.8. The maximum Gasteiger partial charge on any atom is 0.311 e. The van der Waals surface area contributed by atoms with Crippen molar-refractivity contribution in [2.24, 2.45) is 10.4 Å². The number of morpholine rings is 1. The number of aliphatic imine (C=N–C) groups is 1. The topological polar surface area (TPSA) is 115 Å². The molecule has 2 fully saturated rings. The Bertz CT molecular complexity index is 1100. The molecule has 0 amide bonds. The first kappa shape index (κ1) is 25.8. The fourth-order valence-corrected chi connectivity index (χ4v) is 4.36. The van der Waals surface area contributed by atoms with E-state index in [2.05, 4.69) is 20.5 Å². The lowest BCUT2D eigenvalue weighted by atomic mass is 9.97. The summed E-state index contributed by atoms with van der Waals surface area (Å²) in [6.07, 6.45) is 4.47. The average molecular weight is 511 g/mol. The third kappa shape index (κ3) is 6.70. The van der Waals surface area contributed by atoms with Gasteiger partial charge in [-0.25, -0.2) is 4.99 Å². The summed E-state index contributed by atoms with van der Waals surface area (Å²) in [4.78, 5) is 22.0. The molecule has 0 spiro atoms. The van der Waals surface area contributed by atoms with Crippen molar-refractivity contribution in [1.82, 2.24) is 15.2 Å². The van der Waals surface area contributed by atoms with Crippen LogP contribution in [0, 0.1) is 10.8 Å². The molecule has 2 aromatic rings. The number of fused-ring (bicyclic) bond motifs is 2. The summed E-state index contributed by atoms with van der Waals surface area (Å²) in [5.41, 5.74) is 1.86. The number of likely N-dealkylation sites (tertiary alicyclic amines) is 1. The van der Waals surface area contributed by atoms with Crippen LogP contribution < -0.4 is 10.6 Å². The third-order valence-electron chi connectivity index (χ3n) is 6.05. The van der Waals surface area contributed by atoms with E-state index in [0.717, 1.165) is 43.1 Å². The number of nitrogens with zero attached hydrogens (tertiary/aromatic N) is 2. The predicted octanol–water partition coefficient (Wildman–Crippen LogP) is 3.53. The highest BCUT2D eigenvalue weighted by molar-refractivity contribution is 7.80. The Morgan fingerprint density at radius 1 is 1.22 bits per heavy atom. The first-order valence-corrected chi connectivity index (χ1v) is 12.6. The van der Waals surface area contributed by atoms with Crippen molar-refractivity contribution in [2.75, 3.05) is 31.6 Å². The van der Waals surface area contributed by atoms with Gasteiger partial charge in [0.25, 0.3) is 0 Å². The van der Waals surface area contributed by atoms with Crippen LogP contribution >= 0.6 is 12.2 Å². The maximum atomic E-state index is 11.8. The first-order valence-electron chi connectivity index (χ1n) is 12.2. The number of ether oxygens (including phenoxy) is 2. The Kier molecular flexibility index (Phi) is 8.05. The quantitative estimate of drug-likeness (QED) is 0.155. The normalized spacial score (nSPS) is 19.6. The summed E-state index contributed by atoms with van der Waals surface area (Å²) < 4.78 is 11.2. The molecular formula is C26H34N6O3S. The lowest BCUT2D eigenvalue weighted by Crippen LogP contribution is -2.46. The van der Waals surface area contributed by atoms with Crippen LogP contribution in [0.3, 0.4) is 0 Å². The minimum atomic E-state index is -0.525. The molecule has 3 heterocycles. The molecule has 0 radical (unpaired) electrons. The van der Waals surface area contributed by atoms with E-state index < -0.39 is 5.41 Å². The smallest absolute Gasteiger partial charge is 0.311 e. The van der Waals surface area contributed by atoms with Gasteiger partial charge in [-0.05, 0) is 82.2 Å². The van der Waals surface area contributed by atoms with E-state index in [0.29, 0.717) is 17.2 Å². The monoisotopic (exact) mass is 510 g/mol. The number of esters is 1. The van der Waals surface area contributed by atoms with Gasteiger partial charge in [0.2, 0.25) is 0 Å². The molecule has 36 heavy (non-hydrogen) atoms. The highest BCUT2D eigenvalue weighted by Gasteiger charge is 2.35. The van der Waals surface area contributed by atoms with E-state index in [-0.39, 0.29) is 30.6 Å². The molecule has 4 N–H and O–H groups in total. The van der Waals surface area contributed by atoms with Crippen LogP contribution in [-0.4, -0.2) is 71.1 Å². The van der Waals surface area contributed by atoms with Crippen molar-refractivity contribution in [3.05, 3.63) is 53.9 Å². The highest BCUT2D eigenvalue weighted by atomic mass is 32.1. The van der Waals surface area contributed by atoms with Crippen LogP contribution in [0.25, 0.3) is 0 Å². The van der Waals surface area contributed by atoms with Crippen molar-refractivity contribution < 1.29 is 14.3 Å². The van der Waals surface area contributed by atoms with Crippen LogP contribution in [0.5, 0.6) is 0 Å². The van der Waals surface area contributed by atoms with Gasteiger partial charge >= 0.3 is 5.97 Å². The number of amidine groups is 2.